The Morgan fingerprint density at radius 3 is 2.40 bits per heavy atom. The van der Waals surface area contributed by atoms with Crippen molar-refractivity contribution in [3.63, 3.8) is 0 Å². The third-order valence-corrected chi connectivity index (χ3v) is 5.34. The van der Waals surface area contributed by atoms with E-state index in [1.807, 2.05) is 37.3 Å². The summed E-state index contributed by atoms with van der Waals surface area (Å²) in [5.74, 6) is -1.05. The van der Waals surface area contributed by atoms with E-state index in [9.17, 15) is 14.0 Å². The molecule has 1 fully saturated rings. The zero-order chi connectivity index (χ0) is 21.1. The summed E-state index contributed by atoms with van der Waals surface area (Å²) >= 11 is 0. The number of benzene rings is 2. The molecule has 2 aromatic carbocycles. The molecule has 3 aromatic rings. The van der Waals surface area contributed by atoms with Gasteiger partial charge < -0.3 is 10.2 Å². The summed E-state index contributed by atoms with van der Waals surface area (Å²) in [6, 6.07) is 17.4. The van der Waals surface area contributed by atoms with Crippen molar-refractivity contribution in [1.29, 1.82) is 0 Å². The number of nitrogens with zero attached hydrogens (tertiary/aromatic N) is 3. The molecule has 7 heteroatoms. The number of amides is 2. The van der Waals surface area contributed by atoms with Crippen molar-refractivity contribution in [1.82, 2.24) is 20.0 Å². The van der Waals surface area contributed by atoms with Crippen LogP contribution in [0.3, 0.4) is 0 Å². The minimum atomic E-state index is -0.512. The number of carbonyl (C=O) groups excluding carboxylic acids is 2. The van der Waals surface area contributed by atoms with Crippen LogP contribution in [-0.4, -0.2) is 45.6 Å². The summed E-state index contributed by atoms with van der Waals surface area (Å²) in [6.07, 6.45) is 1.23. The first-order valence-electron chi connectivity index (χ1n) is 9.99. The fourth-order valence-corrected chi connectivity index (χ4v) is 3.71. The molecule has 0 aliphatic carbocycles. The number of aryl methyl sites for hydroxylation is 1. The normalized spacial score (nSPS) is 14.5. The zero-order valence-electron chi connectivity index (χ0n) is 16.7. The van der Waals surface area contributed by atoms with Crippen LogP contribution in [0.5, 0.6) is 0 Å². The monoisotopic (exact) mass is 406 g/mol. The number of hydrogen-bond donors (Lipinski definition) is 1. The van der Waals surface area contributed by atoms with E-state index in [0.29, 0.717) is 31.6 Å². The molecule has 2 amide bonds. The Morgan fingerprint density at radius 2 is 1.70 bits per heavy atom. The summed E-state index contributed by atoms with van der Waals surface area (Å²) in [4.78, 5) is 26.8. The summed E-state index contributed by atoms with van der Waals surface area (Å²) in [5.41, 5.74) is 2.22. The van der Waals surface area contributed by atoms with Crippen molar-refractivity contribution < 1.29 is 14.0 Å². The highest BCUT2D eigenvalue weighted by molar-refractivity contribution is 5.94. The molecule has 0 bridgehead atoms. The van der Waals surface area contributed by atoms with Crippen LogP contribution in [-0.2, 0) is 0 Å². The maximum atomic E-state index is 13.9. The van der Waals surface area contributed by atoms with Crippen molar-refractivity contribution in [3.05, 3.63) is 83.4 Å². The fourth-order valence-electron chi connectivity index (χ4n) is 3.71. The van der Waals surface area contributed by atoms with E-state index in [0.717, 1.165) is 11.4 Å². The fraction of sp³-hybridized carbons (Fsp3) is 0.261. The van der Waals surface area contributed by atoms with E-state index < -0.39 is 5.82 Å². The Morgan fingerprint density at radius 1 is 1.03 bits per heavy atom. The van der Waals surface area contributed by atoms with Crippen LogP contribution in [0.1, 0.15) is 39.4 Å². The lowest BCUT2D eigenvalue weighted by atomic mass is 10.0. The number of halogens is 1. The highest BCUT2D eigenvalue weighted by atomic mass is 19.1. The first-order chi connectivity index (χ1) is 14.5. The molecule has 0 radical (unpaired) electrons. The summed E-state index contributed by atoms with van der Waals surface area (Å²) in [6.45, 7) is 2.84. The molecule has 1 aromatic heterocycles. The van der Waals surface area contributed by atoms with Crippen molar-refractivity contribution in [2.75, 3.05) is 13.1 Å². The van der Waals surface area contributed by atoms with Crippen LogP contribution in [0.4, 0.5) is 4.39 Å². The molecule has 30 heavy (non-hydrogen) atoms. The molecular weight excluding hydrogens is 383 g/mol. The molecule has 0 atom stereocenters. The van der Waals surface area contributed by atoms with Crippen molar-refractivity contribution >= 4 is 11.8 Å². The molecule has 154 valence electrons. The van der Waals surface area contributed by atoms with Crippen LogP contribution < -0.4 is 5.32 Å². The molecular formula is C23H23FN4O2. The average Bonchev–Trinajstić information content (AvgIpc) is 3.16. The molecule has 1 saturated heterocycles. The Hall–Kier alpha value is -3.48. The third kappa shape index (κ3) is 4.10. The number of para-hydroxylation sites is 1. The molecule has 1 N–H and O–H groups in total. The third-order valence-electron chi connectivity index (χ3n) is 5.34. The topological polar surface area (TPSA) is 67.2 Å². The Balaban J connectivity index is 1.36. The molecule has 2 heterocycles. The van der Waals surface area contributed by atoms with Gasteiger partial charge in [0.1, 0.15) is 5.82 Å². The smallest absolute Gasteiger partial charge is 0.272 e. The summed E-state index contributed by atoms with van der Waals surface area (Å²) in [5, 5.41) is 7.45. The lowest BCUT2D eigenvalue weighted by Crippen LogP contribution is -2.46. The van der Waals surface area contributed by atoms with Gasteiger partial charge in [-0.05, 0) is 50.1 Å². The van der Waals surface area contributed by atoms with Gasteiger partial charge in [-0.2, -0.15) is 5.10 Å². The molecule has 0 unspecified atom stereocenters. The first kappa shape index (κ1) is 19.8. The van der Waals surface area contributed by atoms with Gasteiger partial charge in [-0.15, -0.1) is 0 Å². The molecule has 0 saturated carbocycles. The second-order valence-electron chi connectivity index (χ2n) is 7.44. The highest BCUT2D eigenvalue weighted by Crippen LogP contribution is 2.17. The maximum Gasteiger partial charge on any atom is 0.272 e. The minimum Gasteiger partial charge on any atom is -0.348 e. The molecule has 1 aliphatic heterocycles. The van der Waals surface area contributed by atoms with E-state index in [4.69, 9.17) is 0 Å². The van der Waals surface area contributed by atoms with Crippen molar-refractivity contribution in [2.24, 2.45) is 0 Å². The van der Waals surface area contributed by atoms with Gasteiger partial charge in [-0.25, -0.2) is 9.07 Å². The SMILES string of the molecule is Cc1cc(C(=O)NC2CCN(C(=O)c3ccccc3F)CC2)nn1-c1ccccc1. The van der Waals surface area contributed by atoms with Crippen LogP contribution in [0.25, 0.3) is 5.69 Å². The van der Waals surface area contributed by atoms with Gasteiger partial charge in [-0.3, -0.25) is 9.59 Å². The Labute approximate surface area is 174 Å². The zero-order valence-corrected chi connectivity index (χ0v) is 16.7. The van der Waals surface area contributed by atoms with Gasteiger partial charge in [0.2, 0.25) is 0 Å². The predicted octanol–water partition coefficient (Wildman–Crippen LogP) is 3.35. The van der Waals surface area contributed by atoms with Gasteiger partial charge in [-0.1, -0.05) is 30.3 Å². The van der Waals surface area contributed by atoms with E-state index in [1.165, 1.54) is 12.1 Å². The standard InChI is InChI=1S/C23H23FN4O2/c1-16-15-21(26-28(16)18-7-3-2-4-8-18)22(29)25-17-11-13-27(14-12-17)23(30)19-9-5-6-10-20(19)24/h2-10,15,17H,11-14H2,1H3,(H,25,29). The van der Waals surface area contributed by atoms with E-state index in [2.05, 4.69) is 10.4 Å². The second kappa shape index (κ2) is 8.49. The minimum absolute atomic E-state index is 0.0515. The summed E-state index contributed by atoms with van der Waals surface area (Å²) in [7, 11) is 0. The largest absolute Gasteiger partial charge is 0.348 e. The van der Waals surface area contributed by atoms with Crippen LogP contribution >= 0.6 is 0 Å². The van der Waals surface area contributed by atoms with Gasteiger partial charge in [0.05, 0.1) is 11.3 Å². The van der Waals surface area contributed by atoms with Crippen LogP contribution in [0, 0.1) is 12.7 Å². The highest BCUT2D eigenvalue weighted by Gasteiger charge is 2.26. The van der Waals surface area contributed by atoms with E-state index in [1.54, 1.807) is 27.8 Å². The average molecular weight is 406 g/mol. The maximum absolute atomic E-state index is 13.9. The predicted molar refractivity (Wildman–Crippen MR) is 111 cm³/mol. The quantitative estimate of drug-likeness (QED) is 0.723. The number of rotatable bonds is 4. The second-order valence-corrected chi connectivity index (χ2v) is 7.44. The number of likely N-dealkylation sites (tertiary alicyclic amines) is 1. The number of hydrogen-bond acceptors (Lipinski definition) is 3. The van der Waals surface area contributed by atoms with Crippen molar-refractivity contribution in [2.45, 2.75) is 25.8 Å². The van der Waals surface area contributed by atoms with Gasteiger partial charge >= 0.3 is 0 Å². The Bertz CT molecular complexity index is 1060. The number of carbonyl (C=O) groups is 2. The van der Waals surface area contributed by atoms with Gasteiger partial charge in [0, 0.05) is 24.8 Å². The van der Waals surface area contributed by atoms with Crippen LogP contribution in [0.2, 0.25) is 0 Å². The number of nitrogens with one attached hydrogen (secondary N) is 1. The van der Waals surface area contributed by atoms with Crippen LogP contribution in [0.15, 0.2) is 60.7 Å². The Kier molecular flexibility index (Phi) is 5.61. The molecule has 6 nitrogen and oxygen atoms in total. The lowest BCUT2D eigenvalue weighted by molar-refractivity contribution is 0.0693. The first-order valence-corrected chi connectivity index (χ1v) is 9.99. The molecule has 0 spiro atoms. The number of aromatic nitrogens is 2. The van der Waals surface area contributed by atoms with E-state index >= 15 is 0 Å². The molecule has 4 rings (SSSR count). The van der Waals surface area contributed by atoms with Crippen molar-refractivity contribution in [3.8, 4) is 5.69 Å². The summed E-state index contributed by atoms with van der Waals surface area (Å²) < 4.78 is 15.6. The van der Waals surface area contributed by atoms with E-state index in [-0.39, 0.29) is 23.4 Å². The van der Waals surface area contributed by atoms with Gasteiger partial charge in [0.15, 0.2) is 5.69 Å². The lowest BCUT2D eigenvalue weighted by Gasteiger charge is -2.32. The number of piperidine rings is 1. The van der Waals surface area contributed by atoms with Gasteiger partial charge in [0.25, 0.3) is 11.8 Å². The molecule has 1 aliphatic rings.